The number of carbonyl (C=O) groups excluding carboxylic acids is 1. The van der Waals surface area contributed by atoms with Crippen LogP contribution in [0.3, 0.4) is 0 Å². The van der Waals surface area contributed by atoms with E-state index in [4.69, 9.17) is 11.6 Å². The zero-order valence-corrected chi connectivity index (χ0v) is 16.4. The summed E-state index contributed by atoms with van der Waals surface area (Å²) in [6.07, 6.45) is 0.684. The van der Waals surface area contributed by atoms with E-state index in [0.717, 1.165) is 11.1 Å². The molecular weight excluding hydrogens is 386 g/mol. The van der Waals surface area contributed by atoms with Crippen LogP contribution in [-0.2, 0) is 28.1 Å². The Morgan fingerprint density at radius 3 is 2.41 bits per heavy atom. The van der Waals surface area contributed by atoms with E-state index in [9.17, 15) is 13.2 Å². The smallest absolute Gasteiger partial charge is 0.282 e. The molecule has 144 valence electrons. The molecule has 1 heterocycles. The van der Waals surface area contributed by atoms with Crippen LogP contribution in [0.5, 0.6) is 0 Å². The molecule has 0 saturated carbocycles. The maximum Gasteiger partial charge on any atom is 0.282 e. The van der Waals surface area contributed by atoms with Gasteiger partial charge in [-0.05, 0) is 23.6 Å². The second kappa shape index (κ2) is 8.84. The van der Waals surface area contributed by atoms with E-state index < -0.39 is 10.2 Å². The molecule has 0 radical (unpaired) electrons. The molecule has 2 aromatic rings. The predicted octanol–water partition coefficient (Wildman–Crippen LogP) is 2.41. The number of benzene rings is 2. The molecule has 0 spiro atoms. The second-order valence-corrected chi connectivity index (χ2v) is 8.72. The lowest BCUT2D eigenvalue weighted by atomic mass is 10.2. The Kier molecular flexibility index (Phi) is 6.49. The van der Waals surface area contributed by atoms with E-state index in [0.29, 0.717) is 31.1 Å². The Bertz CT molecular complexity index is 890. The van der Waals surface area contributed by atoms with Crippen molar-refractivity contribution >= 4 is 27.7 Å². The number of rotatable bonds is 6. The molecular formula is C19H22ClN3O3S. The van der Waals surface area contributed by atoms with Crippen molar-refractivity contribution in [3.63, 3.8) is 0 Å². The molecule has 3 rings (SSSR count). The molecule has 0 atom stereocenters. The molecule has 2 aromatic carbocycles. The molecule has 0 unspecified atom stereocenters. The van der Waals surface area contributed by atoms with Gasteiger partial charge in [0.2, 0.25) is 5.91 Å². The van der Waals surface area contributed by atoms with Crippen LogP contribution in [-0.4, -0.2) is 42.6 Å². The molecule has 8 heteroatoms. The quantitative estimate of drug-likeness (QED) is 0.799. The number of hydrogen-bond donors (Lipinski definition) is 1. The molecule has 1 aliphatic heterocycles. The number of carbonyl (C=O) groups is 1. The van der Waals surface area contributed by atoms with E-state index >= 15 is 0 Å². The van der Waals surface area contributed by atoms with Crippen LogP contribution in [0.2, 0.25) is 5.02 Å². The largest absolute Gasteiger partial charge is 0.351 e. The summed E-state index contributed by atoms with van der Waals surface area (Å²) in [5.41, 5.74) is 1.71. The standard InChI is InChI=1S/C19H22ClN3O3S/c20-18-10-5-4-9-17(18)13-21-19(24)15-23-12-6-11-22(27(23,25)26)14-16-7-2-1-3-8-16/h1-5,7-10H,6,11-15H2,(H,21,24). The molecule has 1 saturated heterocycles. The van der Waals surface area contributed by atoms with Gasteiger partial charge in [0.1, 0.15) is 0 Å². The lowest BCUT2D eigenvalue weighted by Gasteiger charge is -2.34. The van der Waals surface area contributed by atoms with Crippen molar-refractivity contribution < 1.29 is 13.2 Å². The number of halogens is 1. The highest BCUT2D eigenvalue weighted by Gasteiger charge is 2.34. The third kappa shape index (κ3) is 5.07. The molecule has 1 amide bonds. The van der Waals surface area contributed by atoms with Crippen molar-refractivity contribution in [3.8, 4) is 0 Å². The van der Waals surface area contributed by atoms with Gasteiger partial charge in [-0.3, -0.25) is 4.79 Å². The zero-order valence-electron chi connectivity index (χ0n) is 14.8. The van der Waals surface area contributed by atoms with Crippen molar-refractivity contribution in [2.45, 2.75) is 19.5 Å². The van der Waals surface area contributed by atoms with Crippen molar-refractivity contribution in [2.75, 3.05) is 19.6 Å². The van der Waals surface area contributed by atoms with Gasteiger partial charge in [0.05, 0.1) is 6.54 Å². The summed E-state index contributed by atoms with van der Waals surface area (Å²) in [6.45, 7) is 1.17. The summed E-state index contributed by atoms with van der Waals surface area (Å²) in [7, 11) is -3.67. The fraction of sp³-hybridized carbons (Fsp3) is 0.316. The number of hydrogen-bond acceptors (Lipinski definition) is 3. The fourth-order valence-corrected chi connectivity index (χ4v) is 4.82. The lowest BCUT2D eigenvalue weighted by Crippen LogP contribution is -2.52. The van der Waals surface area contributed by atoms with Crippen molar-refractivity contribution in [1.82, 2.24) is 13.9 Å². The molecule has 6 nitrogen and oxygen atoms in total. The number of nitrogens with zero attached hydrogens (tertiary/aromatic N) is 2. The van der Waals surface area contributed by atoms with Gasteiger partial charge in [-0.2, -0.15) is 17.0 Å². The SMILES string of the molecule is O=C(CN1CCCN(Cc2ccccc2)S1(=O)=O)NCc1ccccc1Cl. The summed E-state index contributed by atoms with van der Waals surface area (Å²) in [4.78, 5) is 12.3. The molecule has 0 aliphatic carbocycles. The third-order valence-corrected chi connectivity index (χ3v) is 6.72. The Morgan fingerprint density at radius 2 is 1.67 bits per heavy atom. The van der Waals surface area contributed by atoms with Crippen LogP contribution in [0.1, 0.15) is 17.5 Å². The zero-order chi connectivity index (χ0) is 19.3. The topological polar surface area (TPSA) is 69.7 Å². The van der Waals surface area contributed by atoms with Crippen LogP contribution in [0.25, 0.3) is 0 Å². The molecule has 1 N–H and O–H groups in total. The molecule has 0 bridgehead atoms. The lowest BCUT2D eigenvalue weighted by molar-refractivity contribution is -0.121. The van der Waals surface area contributed by atoms with Crippen LogP contribution in [0.4, 0.5) is 0 Å². The predicted molar refractivity (Wildman–Crippen MR) is 105 cm³/mol. The highest BCUT2D eigenvalue weighted by Crippen LogP contribution is 2.19. The summed E-state index contributed by atoms with van der Waals surface area (Å²) < 4.78 is 28.3. The minimum atomic E-state index is -3.67. The van der Waals surface area contributed by atoms with E-state index in [2.05, 4.69) is 5.32 Å². The van der Waals surface area contributed by atoms with Crippen LogP contribution in [0.15, 0.2) is 54.6 Å². The van der Waals surface area contributed by atoms with Gasteiger partial charge in [0.15, 0.2) is 0 Å². The Balaban J connectivity index is 1.60. The average molecular weight is 408 g/mol. The molecule has 27 heavy (non-hydrogen) atoms. The van der Waals surface area contributed by atoms with Gasteiger partial charge in [-0.25, -0.2) is 0 Å². The van der Waals surface area contributed by atoms with Crippen LogP contribution >= 0.6 is 11.6 Å². The summed E-state index contributed by atoms with van der Waals surface area (Å²) in [5.74, 6) is -0.347. The van der Waals surface area contributed by atoms with Gasteiger partial charge >= 0.3 is 0 Å². The maximum atomic E-state index is 12.8. The van der Waals surface area contributed by atoms with Crippen molar-refractivity contribution in [1.29, 1.82) is 0 Å². The Morgan fingerprint density at radius 1 is 1.00 bits per heavy atom. The van der Waals surface area contributed by atoms with E-state index in [1.54, 1.807) is 6.07 Å². The first kappa shape index (κ1) is 19.8. The Hall–Kier alpha value is -1.93. The van der Waals surface area contributed by atoms with E-state index in [1.807, 2.05) is 48.5 Å². The van der Waals surface area contributed by atoms with Gasteiger partial charge in [-0.1, -0.05) is 60.1 Å². The van der Waals surface area contributed by atoms with Gasteiger partial charge < -0.3 is 5.32 Å². The second-order valence-electron chi connectivity index (χ2n) is 6.38. The average Bonchev–Trinajstić information content (AvgIpc) is 2.65. The highest BCUT2D eigenvalue weighted by atomic mass is 35.5. The summed E-state index contributed by atoms with van der Waals surface area (Å²) in [6, 6.07) is 16.7. The highest BCUT2D eigenvalue weighted by molar-refractivity contribution is 7.86. The van der Waals surface area contributed by atoms with Crippen molar-refractivity contribution in [3.05, 3.63) is 70.7 Å². The number of nitrogens with one attached hydrogen (secondary N) is 1. The third-order valence-electron chi connectivity index (χ3n) is 4.42. The van der Waals surface area contributed by atoms with Crippen molar-refractivity contribution in [2.24, 2.45) is 0 Å². The molecule has 1 aliphatic rings. The maximum absolute atomic E-state index is 12.8. The summed E-state index contributed by atoms with van der Waals surface area (Å²) >= 11 is 6.08. The van der Waals surface area contributed by atoms with E-state index in [-0.39, 0.29) is 19.0 Å². The Labute approximate surface area is 164 Å². The summed E-state index contributed by atoms with van der Waals surface area (Å²) in [5, 5.41) is 3.31. The van der Waals surface area contributed by atoms with Gasteiger partial charge in [0, 0.05) is 31.2 Å². The monoisotopic (exact) mass is 407 g/mol. The molecule has 0 aromatic heterocycles. The minimum Gasteiger partial charge on any atom is -0.351 e. The first-order valence-corrected chi connectivity index (χ1v) is 10.5. The molecule has 1 fully saturated rings. The normalized spacial score (nSPS) is 17.5. The van der Waals surface area contributed by atoms with Gasteiger partial charge in [-0.15, -0.1) is 0 Å². The van der Waals surface area contributed by atoms with E-state index in [1.165, 1.54) is 8.61 Å². The van der Waals surface area contributed by atoms with Crippen LogP contribution < -0.4 is 5.32 Å². The van der Waals surface area contributed by atoms with Gasteiger partial charge in [0.25, 0.3) is 10.2 Å². The first-order valence-electron chi connectivity index (χ1n) is 8.76. The van der Waals surface area contributed by atoms with Crippen LogP contribution in [0, 0.1) is 0 Å². The first-order chi connectivity index (χ1) is 13.0. The minimum absolute atomic E-state index is 0.196. The fourth-order valence-electron chi connectivity index (χ4n) is 2.98. The number of amides is 1.